The van der Waals surface area contributed by atoms with E-state index in [4.69, 9.17) is 0 Å². The molecule has 0 amide bonds. The maximum absolute atomic E-state index is 10.2. The smallest absolute Gasteiger partial charge is 0.0540 e. The van der Waals surface area contributed by atoms with Gasteiger partial charge in [-0.25, -0.2) is 0 Å². The number of aliphatic hydroxyl groups is 2. The first kappa shape index (κ1) is 30.9. The molecule has 2 nitrogen and oxygen atoms in total. The van der Waals surface area contributed by atoms with Crippen molar-refractivity contribution in [1.82, 2.24) is 0 Å². The highest BCUT2D eigenvalue weighted by Crippen LogP contribution is 2.16. The van der Waals surface area contributed by atoms with Crippen LogP contribution in [0.2, 0.25) is 0 Å². The summed E-state index contributed by atoms with van der Waals surface area (Å²) in [6, 6.07) is 0. The minimum Gasteiger partial charge on any atom is -0.393 e. The van der Waals surface area contributed by atoms with Crippen LogP contribution >= 0.6 is 0 Å². The van der Waals surface area contributed by atoms with Crippen molar-refractivity contribution in [1.29, 1.82) is 0 Å². The molecule has 2 N–H and O–H groups in total. The van der Waals surface area contributed by atoms with Crippen molar-refractivity contribution in [2.45, 2.75) is 187 Å². The molecule has 0 aliphatic heterocycles. The Hall–Kier alpha value is -0.0800. The molecule has 0 bridgehead atoms. The Balaban J connectivity index is 3.23. The third-order valence-electron chi connectivity index (χ3n) is 6.86. The minimum atomic E-state index is -0.0863. The zero-order valence-electron chi connectivity index (χ0n) is 21.7. The van der Waals surface area contributed by atoms with Crippen LogP contribution in [0.15, 0.2) is 0 Å². The van der Waals surface area contributed by atoms with Crippen LogP contribution in [-0.4, -0.2) is 22.4 Å². The molecule has 0 heterocycles. The second-order valence-electron chi connectivity index (χ2n) is 10.2. The van der Waals surface area contributed by atoms with Crippen LogP contribution in [0.5, 0.6) is 0 Å². The Morgan fingerprint density at radius 3 is 0.742 bits per heavy atom. The van der Waals surface area contributed by atoms with Crippen LogP contribution < -0.4 is 0 Å². The number of aliphatic hydroxyl groups excluding tert-OH is 2. The molecule has 0 saturated heterocycles. The van der Waals surface area contributed by atoms with Gasteiger partial charge in [0.05, 0.1) is 12.2 Å². The van der Waals surface area contributed by atoms with Gasteiger partial charge in [0.25, 0.3) is 0 Å². The Labute approximate surface area is 197 Å². The lowest BCUT2D eigenvalue weighted by Crippen LogP contribution is -2.07. The molecule has 0 unspecified atom stereocenters. The molecule has 188 valence electrons. The van der Waals surface area contributed by atoms with Gasteiger partial charge >= 0.3 is 0 Å². The lowest BCUT2D eigenvalue weighted by atomic mass is 10.0. The fourth-order valence-corrected chi connectivity index (χ4v) is 4.61. The van der Waals surface area contributed by atoms with Crippen molar-refractivity contribution < 1.29 is 10.2 Å². The number of rotatable bonds is 26. The zero-order valence-corrected chi connectivity index (χ0v) is 21.7. The summed E-state index contributed by atoms with van der Waals surface area (Å²) in [6.45, 7) is 4.53. The van der Waals surface area contributed by atoms with E-state index in [1.165, 1.54) is 122 Å². The van der Waals surface area contributed by atoms with Crippen LogP contribution in [0.1, 0.15) is 174 Å². The molecule has 0 aromatic carbocycles. The van der Waals surface area contributed by atoms with Gasteiger partial charge in [0.1, 0.15) is 0 Å². The van der Waals surface area contributed by atoms with Crippen molar-refractivity contribution in [2.24, 2.45) is 0 Å². The Morgan fingerprint density at radius 2 is 0.516 bits per heavy atom. The maximum Gasteiger partial charge on any atom is 0.0540 e. The molecule has 0 aromatic heterocycles. The molecule has 0 rings (SSSR count). The highest BCUT2D eigenvalue weighted by Gasteiger charge is 2.06. The van der Waals surface area contributed by atoms with Crippen LogP contribution in [-0.2, 0) is 0 Å². The SMILES string of the molecule is CCCCCCCCCCCCCC[C@@H](O)CCCCCC[C@@H](O)CCCCCCC. The topological polar surface area (TPSA) is 40.5 Å². The monoisotopic (exact) mass is 440 g/mol. The molecule has 0 spiro atoms. The van der Waals surface area contributed by atoms with Gasteiger partial charge in [0.2, 0.25) is 0 Å². The molecule has 0 aliphatic rings. The maximum atomic E-state index is 10.2. The first-order chi connectivity index (χ1) is 15.2. The number of hydrogen-bond donors (Lipinski definition) is 2. The van der Waals surface area contributed by atoms with E-state index < -0.39 is 0 Å². The summed E-state index contributed by atoms with van der Waals surface area (Å²) in [4.78, 5) is 0. The lowest BCUT2D eigenvalue weighted by molar-refractivity contribution is 0.142. The fraction of sp³-hybridized carbons (Fsp3) is 1.00. The van der Waals surface area contributed by atoms with E-state index >= 15 is 0 Å². The predicted octanol–water partition coefficient (Wildman–Crippen LogP) is 9.50. The van der Waals surface area contributed by atoms with Gasteiger partial charge in [-0.15, -0.1) is 0 Å². The van der Waals surface area contributed by atoms with E-state index in [0.29, 0.717) is 0 Å². The molecule has 0 fully saturated rings. The standard InChI is InChI=1S/C29H60O2/c1-3-5-7-9-10-11-12-13-14-15-17-21-25-29(31)27-23-19-18-22-26-28(30)24-20-16-8-6-4-2/h28-31H,3-27H2,1-2H3/t28-,29+/m0/s1. The molecule has 0 aromatic rings. The van der Waals surface area contributed by atoms with Crippen LogP contribution in [0, 0.1) is 0 Å². The van der Waals surface area contributed by atoms with Crippen molar-refractivity contribution in [3.05, 3.63) is 0 Å². The van der Waals surface area contributed by atoms with Crippen molar-refractivity contribution in [3.63, 3.8) is 0 Å². The molecule has 0 aliphatic carbocycles. The highest BCUT2D eigenvalue weighted by atomic mass is 16.3. The zero-order chi connectivity index (χ0) is 22.8. The third-order valence-corrected chi connectivity index (χ3v) is 6.86. The summed E-state index contributed by atoms with van der Waals surface area (Å²) < 4.78 is 0. The molecule has 0 radical (unpaired) electrons. The minimum absolute atomic E-state index is 0.0852. The largest absolute Gasteiger partial charge is 0.393 e. The van der Waals surface area contributed by atoms with Crippen LogP contribution in [0.25, 0.3) is 0 Å². The van der Waals surface area contributed by atoms with Crippen molar-refractivity contribution in [2.75, 3.05) is 0 Å². The summed E-state index contributed by atoms with van der Waals surface area (Å²) in [5, 5.41) is 20.2. The van der Waals surface area contributed by atoms with E-state index in [1.54, 1.807) is 0 Å². The van der Waals surface area contributed by atoms with E-state index in [-0.39, 0.29) is 12.2 Å². The summed E-state index contributed by atoms with van der Waals surface area (Å²) in [5.41, 5.74) is 0. The van der Waals surface area contributed by atoms with E-state index in [2.05, 4.69) is 13.8 Å². The van der Waals surface area contributed by atoms with Crippen molar-refractivity contribution >= 4 is 0 Å². The highest BCUT2D eigenvalue weighted by molar-refractivity contribution is 4.60. The summed E-state index contributed by atoms with van der Waals surface area (Å²) in [5.74, 6) is 0. The van der Waals surface area contributed by atoms with Gasteiger partial charge < -0.3 is 10.2 Å². The predicted molar refractivity (Wildman–Crippen MR) is 139 cm³/mol. The van der Waals surface area contributed by atoms with Gasteiger partial charge in [-0.2, -0.15) is 0 Å². The quantitative estimate of drug-likeness (QED) is 0.131. The van der Waals surface area contributed by atoms with E-state index in [9.17, 15) is 10.2 Å². The molecular formula is C29H60O2. The Morgan fingerprint density at radius 1 is 0.323 bits per heavy atom. The molecule has 2 atom stereocenters. The first-order valence-corrected chi connectivity index (χ1v) is 14.6. The van der Waals surface area contributed by atoms with Crippen LogP contribution in [0.3, 0.4) is 0 Å². The summed E-state index contributed by atoms with van der Waals surface area (Å²) >= 11 is 0. The molecule has 2 heteroatoms. The van der Waals surface area contributed by atoms with Gasteiger partial charge in [-0.1, -0.05) is 149 Å². The normalized spacial score (nSPS) is 13.5. The summed E-state index contributed by atoms with van der Waals surface area (Å²) in [6.07, 6.45) is 31.4. The lowest BCUT2D eigenvalue weighted by Gasteiger charge is -2.12. The second-order valence-corrected chi connectivity index (χ2v) is 10.2. The third kappa shape index (κ3) is 26.1. The van der Waals surface area contributed by atoms with Gasteiger partial charge in [-0.3, -0.25) is 0 Å². The Kier molecular flexibility index (Phi) is 26.1. The molecular weight excluding hydrogens is 380 g/mol. The molecule has 31 heavy (non-hydrogen) atoms. The van der Waals surface area contributed by atoms with E-state index in [1.807, 2.05) is 0 Å². The second kappa shape index (κ2) is 26.2. The average molecular weight is 441 g/mol. The van der Waals surface area contributed by atoms with Gasteiger partial charge in [0, 0.05) is 0 Å². The number of unbranched alkanes of at least 4 members (excludes halogenated alkanes) is 18. The summed E-state index contributed by atoms with van der Waals surface area (Å²) in [7, 11) is 0. The van der Waals surface area contributed by atoms with Gasteiger partial charge in [0.15, 0.2) is 0 Å². The average Bonchev–Trinajstić information content (AvgIpc) is 2.76. The first-order valence-electron chi connectivity index (χ1n) is 14.6. The molecule has 0 saturated carbocycles. The van der Waals surface area contributed by atoms with Crippen molar-refractivity contribution in [3.8, 4) is 0 Å². The Bertz CT molecular complexity index is 318. The van der Waals surface area contributed by atoms with Crippen LogP contribution in [0.4, 0.5) is 0 Å². The number of hydrogen-bond acceptors (Lipinski definition) is 2. The fourth-order valence-electron chi connectivity index (χ4n) is 4.61. The van der Waals surface area contributed by atoms with E-state index in [0.717, 1.165) is 38.5 Å². The van der Waals surface area contributed by atoms with Gasteiger partial charge in [-0.05, 0) is 25.7 Å².